The lowest BCUT2D eigenvalue weighted by molar-refractivity contribution is -0.147. The molecule has 1 fully saturated rings. The molecule has 0 aliphatic carbocycles. The van der Waals surface area contributed by atoms with Crippen molar-refractivity contribution in [2.24, 2.45) is 7.05 Å². The highest BCUT2D eigenvalue weighted by molar-refractivity contribution is 5.80. The topological polar surface area (TPSA) is 114 Å². The van der Waals surface area contributed by atoms with Crippen LogP contribution in [0.2, 0.25) is 0 Å². The minimum Gasteiger partial charge on any atom is -0.456 e. The minimum absolute atomic E-state index is 0.246. The van der Waals surface area contributed by atoms with Crippen molar-refractivity contribution in [2.45, 2.75) is 32.2 Å². The first-order valence-electron chi connectivity index (χ1n) is 9.11. The van der Waals surface area contributed by atoms with Crippen LogP contribution in [0.25, 0.3) is 0 Å². The average Bonchev–Trinajstić information content (AvgIpc) is 3.05. The molecule has 1 amide bonds. The summed E-state index contributed by atoms with van der Waals surface area (Å²) in [7, 11) is 1.85. The average molecular weight is 387 g/mol. The van der Waals surface area contributed by atoms with Crippen molar-refractivity contribution in [3.63, 3.8) is 0 Å². The van der Waals surface area contributed by atoms with Crippen molar-refractivity contribution < 1.29 is 14.3 Å². The third-order valence-electron chi connectivity index (χ3n) is 4.64. The number of aryl methyl sites for hydroxylation is 1. The van der Waals surface area contributed by atoms with Crippen molar-refractivity contribution >= 4 is 29.3 Å². The third-order valence-corrected chi connectivity index (χ3v) is 4.64. The van der Waals surface area contributed by atoms with Gasteiger partial charge in [0.1, 0.15) is 5.82 Å². The van der Waals surface area contributed by atoms with Crippen LogP contribution in [0, 0.1) is 0 Å². The summed E-state index contributed by atoms with van der Waals surface area (Å²) in [5.74, 6) is 0.592. The molecule has 28 heavy (non-hydrogen) atoms. The number of carbonyl (C=O) groups is 2. The number of piperidine rings is 1. The number of carbonyl (C=O) groups excluding carboxylic acids is 2. The number of rotatable bonds is 6. The molecule has 0 unspecified atom stereocenters. The van der Waals surface area contributed by atoms with Crippen LogP contribution in [0.5, 0.6) is 0 Å². The molecular formula is C18H25N7O3. The Morgan fingerprint density at radius 1 is 1.32 bits per heavy atom. The van der Waals surface area contributed by atoms with E-state index in [0.29, 0.717) is 5.95 Å². The summed E-state index contributed by atoms with van der Waals surface area (Å²) in [6.07, 6.45) is 6.79. The highest BCUT2D eigenvalue weighted by Crippen LogP contribution is 2.25. The van der Waals surface area contributed by atoms with Gasteiger partial charge in [-0.05, 0) is 25.8 Å². The summed E-state index contributed by atoms with van der Waals surface area (Å²) in [6.45, 7) is 4.53. The largest absolute Gasteiger partial charge is 0.456 e. The van der Waals surface area contributed by atoms with Gasteiger partial charge in [-0.15, -0.1) is 0 Å². The van der Waals surface area contributed by atoms with Gasteiger partial charge in [0, 0.05) is 45.0 Å². The Morgan fingerprint density at radius 3 is 2.71 bits per heavy atom. The molecule has 0 bridgehead atoms. The Labute approximate surface area is 163 Å². The lowest BCUT2D eigenvalue weighted by Gasteiger charge is -2.40. The highest BCUT2D eigenvalue weighted by atomic mass is 16.5. The zero-order valence-electron chi connectivity index (χ0n) is 16.3. The van der Waals surface area contributed by atoms with E-state index < -0.39 is 5.97 Å². The molecule has 1 saturated heterocycles. The van der Waals surface area contributed by atoms with Crippen LogP contribution in [0.15, 0.2) is 24.7 Å². The summed E-state index contributed by atoms with van der Waals surface area (Å²) in [4.78, 5) is 33.8. The summed E-state index contributed by atoms with van der Waals surface area (Å²) in [5, 5.41) is 10.2. The van der Waals surface area contributed by atoms with E-state index in [4.69, 9.17) is 4.74 Å². The van der Waals surface area contributed by atoms with Gasteiger partial charge in [0.25, 0.3) is 5.91 Å². The lowest BCUT2D eigenvalue weighted by Crippen LogP contribution is -2.54. The predicted molar refractivity (Wildman–Crippen MR) is 103 cm³/mol. The molecule has 3 heterocycles. The van der Waals surface area contributed by atoms with E-state index in [2.05, 4.69) is 30.6 Å². The maximum absolute atomic E-state index is 12.0. The molecular weight excluding hydrogens is 362 g/mol. The fraction of sp³-hybridized carbons (Fsp3) is 0.500. The number of ether oxygens (including phenoxy) is 1. The van der Waals surface area contributed by atoms with Crippen LogP contribution >= 0.6 is 0 Å². The zero-order valence-corrected chi connectivity index (χ0v) is 16.3. The van der Waals surface area contributed by atoms with Crippen LogP contribution in [-0.2, 0) is 21.4 Å². The SMILES string of the molecule is CC(=O)OCC(=O)NC1(C)CCN(c2ccnc(Nc3cnn(C)c3)n2)CC1. The summed E-state index contributed by atoms with van der Waals surface area (Å²) in [5.41, 5.74) is 0.485. The number of anilines is 3. The van der Waals surface area contributed by atoms with Gasteiger partial charge in [0.05, 0.1) is 11.9 Å². The Hall–Kier alpha value is -3.17. The van der Waals surface area contributed by atoms with E-state index in [9.17, 15) is 9.59 Å². The van der Waals surface area contributed by atoms with Crippen LogP contribution in [0.3, 0.4) is 0 Å². The monoisotopic (exact) mass is 387 g/mol. The second kappa shape index (κ2) is 8.24. The van der Waals surface area contributed by atoms with Gasteiger partial charge >= 0.3 is 5.97 Å². The maximum atomic E-state index is 12.0. The highest BCUT2D eigenvalue weighted by Gasteiger charge is 2.32. The molecule has 10 heteroatoms. The summed E-state index contributed by atoms with van der Waals surface area (Å²) < 4.78 is 6.45. The predicted octanol–water partition coefficient (Wildman–Crippen LogP) is 0.992. The van der Waals surface area contributed by atoms with Gasteiger partial charge in [-0.25, -0.2) is 4.98 Å². The molecule has 10 nitrogen and oxygen atoms in total. The molecule has 0 saturated carbocycles. The number of aromatic nitrogens is 4. The molecule has 3 rings (SSSR count). The van der Waals surface area contributed by atoms with Crippen LogP contribution < -0.4 is 15.5 Å². The first-order valence-corrected chi connectivity index (χ1v) is 9.11. The first-order chi connectivity index (χ1) is 13.3. The van der Waals surface area contributed by atoms with E-state index in [1.54, 1.807) is 17.1 Å². The van der Waals surface area contributed by atoms with E-state index >= 15 is 0 Å². The standard InChI is InChI=1S/C18H25N7O3/c1-13(26)28-12-16(27)23-18(2)5-8-25(9-6-18)15-4-7-19-17(22-15)21-14-10-20-24(3)11-14/h4,7,10-11H,5-6,8-9,12H2,1-3H3,(H,23,27)(H,19,21,22). The van der Waals surface area contributed by atoms with Gasteiger partial charge in [0.15, 0.2) is 6.61 Å². The van der Waals surface area contributed by atoms with Crippen molar-refractivity contribution in [1.29, 1.82) is 0 Å². The second-order valence-corrected chi connectivity index (χ2v) is 7.14. The molecule has 0 radical (unpaired) electrons. The van der Waals surface area contributed by atoms with Gasteiger partial charge in [0.2, 0.25) is 5.95 Å². The number of hydrogen-bond acceptors (Lipinski definition) is 8. The summed E-state index contributed by atoms with van der Waals surface area (Å²) in [6, 6.07) is 1.87. The lowest BCUT2D eigenvalue weighted by atomic mass is 9.89. The third kappa shape index (κ3) is 5.18. The van der Waals surface area contributed by atoms with Crippen molar-refractivity contribution in [2.75, 3.05) is 29.9 Å². The fourth-order valence-corrected chi connectivity index (χ4v) is 3.09. The molecule has 0 atom stereocenters. The number of nitrogens with one attached hydrogen (secondary N) is 2. The fourth-order valence-electron chi connectivity index (χ4n) is 3.09. The number of nitrogens with zero attached hydrogens (tertiary/aromatic N) is 5. The molecule has 1 aliphatic rings. The number of hydrogen-bond donors (Lipinski definition) is 2. The Morgan fingerprint density at radius 2 is 2.07 bits per heavy atom. The van der Waals surface area contributed by atoms with Gasteiger partial charge < -0.3 is 20.3 Å². The van der Waals surface area contributed by atoms with Gasteiger partial charge in [-0.2, -0.15) is 10.1 Å². The Balaban J connectivity index is 1.56. The van der Waals surface area contributed by atoms with Crippen molar-refractivity contribution in [3.8, 4) is 0 Å². The zero-order chi connectivity index (χ0) is 20.1. The van der Waals surface area contributed by atoms with Crippen LogP contribution in [-0.4, -0.2) is 56.9 Å². The Bertz CT molecular complexity index is 843. The maximum Gasteiger partial charge on any atom is 0.303 e. The molecule has 2 N–H and O–H groups in total. The van der Waals surface area contributed by atoms with Crippen molar-refractivity contribution in [1.82, 2.24) is 25.1 Å². The van der Waals surface area contributed by atoms with Gasteiger partial charge in [-0.3, -0.25) is 14.3 Å². The van der Waals surface area contributed by atoms with E-state index in [0.717, 1.165) is 37.4 Å². The minimum atomic E-state index is -0.463. The molecule has 0 spiro atoms. The smallest absolute Gasteiger partial charge is 0.303 e. The summed E-state index contributed by atoms with van der Waals surface area (Å²) >= 11 is 0. The molecule has 2 aromatic heterocycles. The molecule has 1 aliphatic heterocycles. The van der Waals surface area contributed by atoms with Crippen LogP contribution in [0.4, 0.5) is 17.5 Å². The van der Waals surface area contributed by atoms with Crippen molar-refractivity contribution in [3.05, 3.63) is 24.7 Å². The normalized spacial score (nSPS) is 15.8. The quantitative estimate of drug-likeness (QED) is 0.706. The Kier molecular flexibility index (Phi) is 5.76. The molecule has 2 aromatic rings. The molecule has 0 aromatic carbocycles. The van der Waals surface area contributed by atoms with E-state index in [1.807, 2.05) is 26.2 Å². The number of esters is 1. The van der Waals surface area contributed by atoms with E-state index in [-0.39, 0.29) is 18.1 Å². The first kappa shape index (κ1) is 19.6. The van der Waals surface area contributed by atoms with E-state index in [1.165, 1.54) is 6.92 Å². The molecule has 150 valence electrons. The number of amides is 1. The second-order valence-electron chi connectivity index (χ2n) is 7.14. The van der Waals surface area contributed by atoms with Gasteiger partial charge in [-0.1, -0.05) is 0 Å². The van der Waals surface area contributed by atoms with Crippen LogP contribution in [0.1, 0.15) is 26.7 Å².